The molecule has 2 N–H and O–H groups in total. The number of hydrogen-bond donors (Lipinski definition) is 2. The van der Waals surface area contributed by atoms with Crippen LogP contribution >= 0.6 is 23.1 Å². The van der Waals surface area contributed by atoms with E-state index in [9.17, 15) is 8.42 Å². The van der Waals surface area contributed by atoms with E-state index >= 15 is 0 Å². The standard InChI is InChI=1S/C11H17NO3S3/c1-11(5-2-6-16-11)8-12-18(14,15)10-4-3-9(7-13)17-10/h3-4,12-13H,2,5-8H2,1H3. The first-order chi connectivity index (χ1) is 8.45. The molecule has 4 nitrogen and oxygen atoms in total. The largest absolute Gasteiger partial charge is 0.391 e. The molecule has 2 heterocycles. The molecule has 1 aliphatic heterocycles. The van der Waals surface area contributed by atoms with Crippen molar-refractivity contribution in [2.45, 2.75) is 35.3 Å². The Kier molecular flexibility index (Phi) is 4.38. The fourth-order valence-corrected chi connectivity index (χ4v) is 5.65. The van der Waals surface area contributed by atoms with Crippen LogP contribution in [0.5, 0.6) is 0 Å². The van der Waals surface area contributed by atoms with E-state index in [4.69, 9.17) is 5.11 Å². The van der Waals surface area contributed by atoms with E-state index in [0.717, 1.165) is 29.9 Å². The van der Waals surface area contributed by atoms with Gasteiger partial charge in [-0.05, 0) is 37.7 Å². The van der Waals surface area contributed by atoms with Crippen molar-refractivity contribution in [1.29, 1.82) is 0 Å². The summed E-state index contributed by atoms with van der Waals surface area (Å²) in [7, 11) is -3.43. The molecule has 1 aromatic rings. The summed E-state index contributed by atoms with van der Waals surface area (Å²) in [5.41, 5.74) is 0. The second-order valence-electron chi connectivity index (χ2n) is 4.61. The maximum Gasteiger partial charge on any atom is 0.250 e. The number of aliphatic hydroxyl groups is 1. The van der Waals surface area contributed by atoms with Gasteiger partial charge in [0.2, 0.25) is 10.0 Å². The summed E-state index contributed by atoms with van der Waals surface area (Å²) in [4.78, 5) is 0.664. The van der Waals surface area contributed by atoms with Crippen molar-refractivity contribution in [2.75, 3.05) is 12.3 Å². The van der Waals surface area contributed by atoms with Gasteiger partial charge in [0.25, 0.3) is 0 Å². The van der Waals surface area contributed by atoms with Gasteiger partial charge in [-0.25, -0.2) is 13.1 Å². The summed E-state index contributed by atoms with van der Waals surface area (Å²) in [5.74, 6) is 1.10. The first kappa shape index (κ1) is 14.3. The highest BCUT2D eigenvalue weighted by molar-refractivity contribution is 8.01. The molecule has 0 amide bonds. The molecule has 7 heteroatoms. The Morgan fingerprint density at radius 3 is 2.83 bits per heavy atom. The van der Waals surface area contributed by atoms with Crippen molar-refractivity contribution in [3.05, 3.63) is 17.0 Å². The molecular formula is C11H17NO3S3. The van der Waals surface area contributed by atoms with Crippen LogP contribution in [0.1, 0.15) is 24.6 Å². The topological polar surface area (TPSA) is 66.4 Å². The molecule has 0 aromatic carbocycles. The van der Waals surface area contributed by atoms with Crippen LogP contribution in [0.15, 0.2) is 16.3 Å². The molecule has 0 bridgehead atoms. The zero-order valence-electron chi connectivity index (χ0n) is 10.2. The minimum absolute atomic E-state index is 0.0180. The Bertz CT molecular complexity index is 503. The molecule has 0 radical (unpaired) electrons. The Balaban J connectivity index is 2.03. The van der Waals surface area contributed by atoms with Gasteiger partial charge in [-0.15, -0.1) is 11.3 Å². The molecule has 1 unspecified atom stereocenters. The van der Waals surface area contributed by atoms with E-state index in [0.29, 0.717) is 11.4 Å². The minimum Gasteiger partial charge on any atom is -0.391 e. The lowest BCUT2D eigenvalue weighted by atomic mass is 10.1. The molecule has 1 aromatic heterocycles. The van der Waals surface area contributed by atoms with Crippen LogP contribution in [-0.4, -0.2) is 30.6 Å². The Morgan fingerprint density at radius 2 is 2.28 bits per heavy atom. The number of nitrogens with one attached hydrogen (secondary N) is 1. The molecule has 1 saturated heterocycles. The fourth-order valence-electron chi connectivity index (χ4n) is 1.88. The zero-order valence-corrected chi connectivity index (χ0v) is 12.6. The monoisotopic (exact) mass is 307 g/mol. The normalized spacial score (nSPS) is 24.6. The molecule has 1 atom stereocenters. The smallest absolute Gasteiger partial charge is 0.250 e. The number of thiophene rings is 1. The van der Waals surface area contributed by atoms with Crippen molar-refractivity contribution in [3.63, 3.8) is 0 Å². The van der Waals surface area contributed by atoms with Gasteiger partial charge in [-0.2, -0.15) is 11.8 Å². The van der Waals surface area contributed by atoms with E-state index in [1.54, 1.807) is 12.1 Å². The van der Waals surface area contributed by atoms with Crippen LogP contribution in [0.25, 0.3) is 0 Å². The average Bonchev–Trinajstić information content (AvgIpc) is 2.96. The highest BCUT2D eigenvalue weighted by atomic mass is 32.2. The van der Waals surface area contributed by atoms with Crippen LogP contribution in [0, 0.1) is 0 Å². The van der Waals surface area contributed by atoms with Crippen LogP contribution < -0.4 is 4.72 Å². The van der Waals surface area contributed by atoms with Crippen LogP contribution in [0.2, 0.25) is 0 Å². The van der Waals surface area contributed by atoms with E-state index in [1.807, 2.05) is 11.8 Å². The Hall–Kier alpha value is -0.0800. The van der Waals surface area contributed by atoms with Crippen molar-refractivity contribution < 1.29 is 13.5 Å². The fraction of sp³-hybridized carbons (Fsp3) is 0.636. The third kappa shape index (κ3) is 3.27. The van der Waals surface area contributed by atoms with E-state index in [2.05, 4.69) is 11.6 Å². The predicted octanol–water partition coefficient (Wildman–Crippen LogP) is 1.80. The lowest BCUT2D eigenvalue weighted by Crippen LogP contribution is -2.36. The minimum atomic E-state index is -3.43. The third-order valence-corrected chi connectivity index (χ3v) is 7.50. The van der Waals surface area contributed by atoms with Gasteiger partial charge in [0.15, 0.2) is 0 Å². The molecule has 1 aliphatic rings. The first-order valence-electron chi connectivity index (χ1n) is 5.78. The Morgan fingerprint density at radius 1 is 1.50 bits per heavy atom. The maximum absolute atomic E-state index is 12.1. The number of hydrogen-bond acceptors (Lipinski definition) is 5. The average molecular weight is 307 g/mol. The summed E-state index contributed by atoms with van der Waals surface area (Å²) in [6.07, 6.45) is 2.20. The zero-order chi connectivity index (χ0) is 13.2. The van der Waals surface area contributed by atoms with Crippen LogP contribution in [-0.2, 0) is 16.6 Å². The molecule has 0 aliphatic carbocycles. The van der Waals surface area contributed by atoms with Gasteiger partial charge in [-0.3, -0.25) is 0 Å². The SMILES string of the molecule is CC1(CNS(=O)(=O)c2ccc(CO)s2)CCCS1. The molecular weight excluding hydrogens is 290 g/mol. The van der Waals surface area contributed by atoms with Gasteiger partial charge >= 0.3 is 0 Å². The van der Waals surface area contributed by atoms with E-state index < -0.39 is 10.0 Å². The molecule has 2 rings (SSSR count). The number of sulfonamides is 1. The highest BCUT2D eigenvalue weighted by Crippen LogP contribution is 2.37. The van der Waals surface area contributed by atoms with Gasteiger partial charge in [0.1, 0.15) is 4.21 Å². The molecule has 18 heavy (non-hydrogen) atoms. The van der Waals surface area contributed by atoms with Crippen molar-refractivity contribution in [1.82, 2.24) is 4.72 Å². The highest BCUT2D eigenvalue weighted by Gasteiger charge is 2.31. The lowest BCUT2D eigenvalue weighted by Gasteiger charge is -2.22. The molecule has 1 fully saturated rings. The number of thioether (sulfide) groups is 1. The number of aliphatic hydroxyl groups excluding tert-OH is 1. The second-order valence-corrected chi connectivity index (χ2v) is 9.45. The molecule has 0 spiro atoms. The van der Waals surface area contributed by atoms with Gasteiger partial charge in [-0.1, -0.05) is 0 Å². The van der Waals surface area contributed by atoms with Crippen LogP contribution in [0.3, 0.4) is 0 Å². The number of rotatable bonds is 5. The van der Waals surface area contributed by atoms with Crippen molar-refractivity contribution in [2.24, 2.45) is 0 Å². The van der Waals surface area contributed by atoms with Crippen LogP contribution in [0.4, 0.5) is 0 Å². The second kappa shape index (κ2) is 5.50. The predicted molar refractivity (Wildman–Crippen MR) is 75.5 cm³/mol. The van der Waals surface area contributed by atoms with Gasteiger partial charge in [0.05, 0.1) is 6.61 Å². The van der Waals surface area contributed by atoms with E-state index in [1.165, 1.54) is 0 Å². The van der Waals surface area contributed by atoms with Gasteiger partial charge < -0.3 is 5.11 Å². The summed E-state index contributed by atoms with van der Waals surface area (Å²) in [6.45, 7) is 2.45. The summed E-state index contributed by atoms with van der Waals surface area (Å²) in [5, 5.41) is 8.95. The first-order valence-corrected chi connectivity index (χ1v) is 9.07. The van der Waals surface area contributed by atoms with Crippen molar-refractivity contribution >= 4 is 33.1 Å². The van der Waals surface area contributed by atoms with Gasteiger partial charge in [0, 0.05) is 16.2 Å². The maximum atomic E-state index is 12.1. The molecule has 102 valence electrons. The Labute approximate surface area is 116 Å². The van der Waals surface area contributed by atoms with Crippen molar-refractivity contribution in [3.8, 4) is 0 Å². The molecule has 0 saturated carbocycles. The quantitative estimate of drug-likeness (QED) is 0.870. The third-order valence-electron chi connectivity index (χ3n) is 2.99. The van der Waals surface area contributed by atoms with E-state index in [-0.39, 0.29) is 15.6 Å². The summed E-state index contributed by atoms with van der Waals surface area (Å²) in [6, 6.07) is 3.19. The summed E-state index contributed by atoms with van der Waals surface area (Å²) < 4.78 is 27.1. The lowest BCUT2D eigenvalue weighted by molar-refractivity contribution is 0.285. The summed E-state index contributed by atoms with van der Waals surface area (Å²) >= 11 is 2.94.